The number of aliphatic hydroxyl groups is 1. The molecule has 0 amide bonds. The Morgan fingerprint density at radius 1 is 1.16 bits per heavy atom. The van der Waals surface area contributed by atoms with E-state index < -0.39 is 22.5 Å². The molecule has 4 N–H and O–H groups in total. The smallest absolute Gasteiger partial charge is 0.341 e. The number of aromatic amines is 1. The van der Waals surface area contributed by atoms with Crippen LogP contribution in [0.2, 0.25) is 0 Å². The minimum Gasteiger partial charge on any atom is -0.508 e. The Kier molecular flexibility index (Phi) is 3.04. The number of carbonyl (C=O) groups is 1. The molecule has 1 aromatic heterocycles. The Balaban J connectivity index is 1.44. The quantitative estimate of drug-likeness (QED) is 0.611. The zero-order valence-electron chi connectivity index (χ0n) is 17.1. The molecule has 5 atom stereocenters. The van der Waals surface area contributed by atoms with E-state index in [9.17, 15) is 24.9 Å². The Morgan fingerprint density at radius 2 is 1.97 bits per heavy atom. The Bertz CT molecular complexity index is 1240. The molecule has 1 heterocycles. The van der Waals surface area contributed by atoms with E-state index >= 15 is 0 Å². The van der Waals surface area contributed by atoms with Crippen molar-refractivity contribution in [2.75, 3.05) is 0 Å². The number of phenols is 1. The minimum atomic E-state index is -1.24. The summed E-state index contributed by atoms with van der Waals surface area (Å²) in [5.74, 6) is 0.360. The number of aromatic nitrogens is 1. The monoisotopic (exact) mass is 419 g/mol. The number of aromatic carboxylic acids is 1. The van der Waals surface area contributed by atoms with Gasteiger partial charge in [-0.2, -0.15) is 0 Å². The van der Waals surface area contributed by atoms with Crippen LogP contribution in [0.25, 0.3) is 0 Å². The van der Waals surface area contributed by atoms with E-state index in [-0.39, 0.29) is 22.6 Å². The van der Waals surface area contributed by atoms with Gasteiger partial charge in [0, 0.05) is 35.3 Å². The number of carboxylic acid groups (broad SMARTS) is 1. The van der Waals surface area contributed by atoms with E-state index in [2.05, 4.69) is 4.98 Å². The number of rotatable bonds is 3. The van der Waals surface area contributed by atoms with Gasteiger partial charge < -0.3 is 20.3 Å². The van der Waals surface area contributed by atoms with Crippen LogP contribution in [-0.4, -0.2) is 31.9 Å². The van der Waals surface area contributed by atoms with Crippen molar-refractivity contribution in [3.05, 3.63) is 62.6 Å². The van der Waals surface area contributed by atoms with E-state index in [0.717, 1.165) is 42.0 Å². The van der Waals surface area contributed by atoms with Gasteiger partial charge in [-0.25, -0.2) is 4.79 Å². The van der Waals surface area contributed by atoms with Gasteiger partial charge in [-0.05, 0) is 66.0 Å². The predicted octanol–water partition coefficient (Wildman–Crippen LogP) is 2.64. The maximum absolute atomic E-state index is 12.4. The molecular formula is C25H25NO5. The van der Waals surface area contributed by atoms with Crippen LogP contribution in [0, 0.1) is 17.8 Å². The summed E-state index contributed by atoms with van der Waals surface area (Å²) in [5, 5.41) is 32.1. The van der Waals surface area contributed by atoms with Gasteiger partial charge in [0.15, 0.2) is 0 Å². The standard InChI is InChI=1S/C25H25NO5/c27-15-3-4-17-18(7-15)24-10-19-13(6-16(22(29)30)21(28)26-19)9-25(24,31)20-14(5-12-1-2-12)8-23(17,20)11-24/h3-4,6-7,12,14,20,27,31H,1-2,5,8-11H2,(H,26,28)(H,29,30)/t14?,20-,23?,24?,25?/m1/s1. The van der Waals surface area contributed by atoms with Crippen LogP contribution in [0.3, 0.4) is 0 Å². The largest absolute Gasteiger partial charge is 0.508 e. The molecule has 7 rings (SSSR count). The molecule has 160 valence electrons. The molecule has 31 heavy (non-hydrogen) atoms. The molecule has 6 heteroatoms. The summed E-state index contributed by atoms with van der Waals surface area (Å²) in [5.41, 5.74) is 1.27. The summed E-state index contributed by atoms with van der Waals surface area (Å²) in [7, 11) is 0. The summed E-state index contributed by atoms with van der Waals surface area (Å²) in [6, 6.07) is 7.09. The third-order valence-electron chi connectivity index (χ3n) is 9.43. The SMILES string of the molecule is O=C(O)c1cc2c([nH]c1=O)CC13CC4(CC(CC5CC5)[C@H]4C1(O)C2)c1ccc(O)cc13. The van der Waals surface area contributed by atoms with Gasteiger partial charge in [0.1, 0.15) is 11.3 Å². The van der Waals surface area contributed by atoms with Gasteiger partial charge in [-0.3, -0.25) is 4.79 Å². The van der Waals surface area contributed by atoms with Crippen molar-refractivity contribution in [1.29, 1.82) is 0 Å². The molecule has 3 saturated carbocycles. The summed E-state index contributed by atoms with van der Waals surface area (Å²) < 4.78 is 0. The molecule has 2 aromatic rings. The van der Waals surface area contributed by atoms with E-state index in [4.69, 9.17) is 0 Å². The van der Waals surface area contributed by atoms with E-state index in [1.807, 2.05) is 12.1 Å². The first-order chi connectivity index (χ1) is 14.8. The number of H-pyrrole nitrogens is 1. The zero-order valence-corrected chi connectivity index (χ0v) is 17.1. The third kappa shape index (κ3) is 1.94. The number of pyridine rings is 1. The molecule has 5 aliphatic rings. The van der Waals surface area contributed by atoms with Crippen LogP contribution in [0.5, 0.6) is 5.75 Å². The highest BCUT2D eigenvalue weighted by molar-refractivity contribution is 5.87. The molecule has 4 unspecified atom stereocenters. The highest BCUT2D eigenvalue weighted by atomic mass is 16.4. The summed E-state index contributed by atoms with van der Waals surface area (Å²) in [6.45, 7) is 0. The van der Waals surface area contributed by atoms with Crippen LogP contribution in [-0.2, 0) is 23.7 Å². The van der Waals surface area contributed by atoms with E-state index in [1.54, 1.807) is 6.07 Å². The van der Waals surface area contributed by atoms with Crippen LogP contribution in [0.4, 0.5) is 0 Å². The first-order valence-corrected chi connectivity index (χ1v) is 11.3. The van der Waals surface area contributed by atoms with Gasteiger partial charge >= 0.3 is 5.97 Å². The molecular weight excluding hydrogens is 394 g/mol. The van der Waals surface area contributed by atoms with Crippen LogP contribution >= 0.6 is 0 Å². The molecule has 5 aliphatic carbocycles. The number of hydrogen-bond donors (Lipinski definition) is 4. The van der Waals surface area contributed by atoms with Crippen molar-refractivity contribution in [1.82, 2.24) is 4.98 Å². The molecule has 0 saturated heterocycles. The molecule has 2 bridgehead atoms. The van der Waals surface area contributed by atoms with E-state index in [0.29, 0.717) is 18.8 Å². The van der Waals surface area contributed by atoms with E-state index in [1.165, 1.54) is 24.5 Å². The second kappa shape index (κ2) is 5.23. The molecule has 0 aliphatic heterocycles. The normalized spacial score (nSPS) is 38.6. The van der Waals surface area contributed by atoms with Crippen molar-refractivity contribution in [3.8, 4) is 5.75 Å². The number of phenolic OH excluding ortho intramolecular Hbond substituents is 1. The van der Waals surface area contributed by atoms with Crippen LogP contribution < -0.4 is 5.56 Å². The van der Waals surface area contributed by atoms with Gasteiger partial charge in [0.05, 0.1) is 5.60 Å². The summed E-state index contributed by atoms with van der Waals surface area (Å²) >= 11 is 0. The average molecular weight is 419 g/mol. The average Bonchev–Trinajstić information content (AvgIpc) is 3.42. The molecule has 1 aromatic carbocycles. The topological polar surface area (TPSA) is 111 Å². The number of benzene rings is 1. The number of nitrogens with one attached hydrogen (secondary N) is 1. The van der Waals surface area contributed by atoms with Crippen LogP contribution in [0.1, 0.15) is 64.8 Å². The highest BCUT2D eigenvalue weighted by Crippen LogP contribution is 2.79. The van der Waals surface area contributed by atoms with Crippen molar-refractivity contribution < 1.29 is 20.1 Å². The maximum Gasteiger partial charge on any atom is 0.341 e. The van der Waals surface area contributed by atoms with Crippen LogP contribution in [0.15, 0.2) is 29.1 Å². The fourth-order valence-electron chi connectivity index (χ4n) is 8.35. The van der Waals surface area contributed by atoms with Gasteiger partial charge in [0.25, 0.3) is 5.56 Å². The summed E-state index contributed by atoms with van der Waals surface area (Å²) in [4.78, 5) is 26.7. The maximum atomic E-state index is 12.4. The van der Waals surface area contributed by atoms with Gasteiger partial charge in [-0.1, -0.05) is 18.9 Å². The highest BCUT2D eigenvalue weighted by Gasteiger charge is 2.80. The van der Waals surface area contributed by atoms with Gasteiger partial charge in [-0.15, -0.1) is 0 Å². The third-order valence-corrected chi connectivity index (χ3v) is 9.43. The lowest BCUT2D eigenvalue weighted by Gasteiger charge is -2.61. The number of carboxylic acids is 1. The first kappa shape index (κ1) is 18.0. The number of fused-ring (bicyclic) bond motifs is 3. The Hall–Kier alpha value is -2.60. The predicted molar refractivity (Wildman–Crippen MR) is 111 cm³/mol. The lowest BCUT2D eigenvalue weighted by Crippen LogP contribution is -2.65. The van der Waals surface area contributed by atoms with Crippen molar-refractivity contribution in [2.45, 2.75) is 61.4 Å². The van der Waals surface area contributed by atoms with Crippen molar-refractivity contribution >= 4 is 5.97 Å². The molecule has 0 radical (unpaired) electrons. The Morgan fingerprint density at radius 3 is 2.71 bits per heavy atom. The number of aromatic hydroxyl groups is 1. The number of hydrogen-bond acceptors (Lipinski definition) is 4. The fraction of sp³-hybridized carbons (Fsp3) is 0.520. The summed E-state index contributed by atoms with van der Waals surface area (Å²) in [6.07, 6.45) is 6.47. The lowest BCUT2D eigenvalue weighted by molar-refractivity contribution is -0.132. The first-order valence-electron chi connectivity index (χ1n) is 11.3. The van der Waals surface area contributed by atoms with Crippen molar-refractivity contribution in [3.63, 3.8) is 0 Å². The molecule has 6 nitrogen and oxygen atoms in total. The lowest BCUT2D eigenvalue weighted by atomic mass is 9.45. The molecule has 2 spiro atoms. The Labute approximate surface area is 178 Å². The van der Waals surface area contributed by atoms with Crippen molar-refractivity contribution in [2.24, 2.45) is 17.8 Å². The minimum absolute atomic E-state index is 0.0741. The second-order valence-electron chi connectivity index (χ2n) is 10.9. The fourth-order valence-corrected chi connectivity index (χ4v) is 8.35. The van der Waals surface area contributed by atoms with Gasteiger partial charge in [0.2, 0.25) is 0 Å². The molecule has 3 fully saturated rings. The zero-order chi connectivity index (χ0) is 21.3. The second-order valence-corrected chi connectivity index (χ2v) is 10.9.